The average Bonchev–Trinajstić information content (AvgIpc) is 3.08. The van der Waals surface area contributed by atoms with E-state index in [9.17, 15) is 14.7 Å². The van der Waals surface area contributed by atoms with Gasteiger partial charge in [-0.25, -0.2) is 0 Å². The van der Waals surface area contributed by atoms with E-state index in [-0.39, 0.29) is 17.7 Å². The summed E-state index contributed by atoms with van der Waals surface area (Å²) in [6, 6.07) is 9.76. The fourth-order valence-corrected chi connectivity index (χ4v) is 3.69. The first-order valence-electron chi connectivity index (χ1n) is 7.28. The highest BCUT2D eigenvalue weighted by Crippen LogP contribution is 2.48. The van der Waals surface area contributed by atoms with Crippen LogP contribution in [0.25, 0.3) is 0 Å². The molecule has 110 valence electrons. The van der Waals surface area contributed by atoms with E-state index in [1.165, 1.54) is 0 Å². The largest absolute Gasteiger partial charge is 0.481 e. The molecule has 0 heterocycles. The first kappa shape index (κ1) is 13.9. The molecule has 3 rings (SSSR count). The van der Waals surface area contributed by atoms with Gasteiger partial charge in [0.1, 0.15) is 0 Å². The van der Waals surface area contributed by atoms with Crippen LogP contribution in [0.5, 0.6) is 0 Å². The zero-order valence-electron chi connectivity index (χ0n) is 12.0. The molecule has 2 aliphatic rings. The number of hydrogen-bond acceptors (Lipinski definition) is 2. The van der Waals surface area contributed by atoms with E-state index in [4.69, 9.17) is 0 Å². The summed E-state index contributed by atoms with van der Waals surface area (Å²) in [5, 5.41) is 9.42. The lowest BCUT2D eigenvalue weighted by Gasteiger charge is -2.28. The van der Waals surface area contributed by atoms with Crippen LogP contribution in [0.1, 0.15) is 12.0 Å². The Morgan fingerprint density at radius 1 is 1.14 bits per heavy atom. The van der Waals surface area contributed by atoms with Crippen molar-refractivity contribution in [1.82, 2.24) is 4.90 Å². The number of aliphatic carboxylic acids is 1. The summed E-state index contributed by atoms with van der Waals surface area (Å²) in [5.41, 5.74) is 1.05. The van der Waals surface area contributed by atoms with Crippen molar-refractivity contribution in [1.29, 1.82) is 0 Å². The maximum absolute atomic E-state index is 12.7. The molecular weight excluding hydrogens is 266 g/mol. The van der Waals surface area contributed by atoms with Crippen LogP contribution >= 0.6 is 0 Å². The molecule has 0 unspecified atom stereocenters. The molecule has 1 amide bonds. The summed E-state index contributed by atoms with van der Waals surface area (Å²) in [5.74, 6) is -1.77. The predicted octanol–water partition coefficient (Wildman–Crippen LogP) is 2.17. The Hall–Kier alpha value is -2.10. The minimum absolute atomic E-state index is 0.0200. The fraction of sp³-hybridized carbons (Fsp3) is 0.412. The fourth-order valence-electron chi connectivity index (χ4n) is 3.69. The molecule has 0 aromatic heterocycles. The number of benzene rings is 1. The number of carbonyl (C=O) groups excluding carboxylic acids is 1. The van der Waals surface area contributed by atoms with Gasteiger partial charge in [0.25, 0.3) is 0 Å². The van der Waals surface area contributed by atoms with Crippen molar-refractivity contribution in [2.45, 2.75) is 13.0 Å². The molecule has 21 heavy (non-hydrogen) atoms. The molecule has 4 heteroatoms. The minimum Gasteiger partial charge on any atom is -0.481 e. The van der Waals surface area contributed by atoms with Gasteiger partial charge in [0.15, 0.2) is 0 Å². The Kier molecular flexibility index (Phi) is 3.53. The molecule has 2 bridgehead atoms. The van der Waals surface area contributed by atoms with Crippen molar-refractivity contribution in [2.24, 2.45) is 23.7 Å². The van der Waals surface area contributed by atoms with Gasteiger partial charge in [-0.05, 0) is 23.8 Å². The molecule has 0 aliphatic heterocycles. The molecule has 1 N–H and O–H groups in total. The van der Waals surface area contributed by atoms with Gasteiger partial charge in [-0.2, -0.15) is 0 Å². The number of hydrogen-bond donors (Lipinski definition) is 1. The number of carbonyl (C=O) groups is 2. The number of rotatable bonds is 4. The maximum Gasteiger partial charge on any atom is 0.307 e. The molecule has 0 saturated heterocycles. The van der Waals surface area contributed by atoms with Gasteiger partial charge in [-0.1, -0.05) is 42.5 Å². The van der Waals surface area contributed by atoms with Crippen LogP contribution < -0.4 is 0 Å². The van der Waals surface area contributed by atoms with Crippen LogP contribution in [0, 0.1) is 23.7 Å². The van der Waals surface area contributed by atoms with Gasteiger partial charge in [0, 0.05) is 13.6 Å². The van der Waals surface area contributed by atoms with Crippen molar-refractivity contribution in [3.05, 3.63) is 48.0 Å². The van der Waals surface area contributed by atoms with Crippen LogP contribution in [-0.2, 0) is 16.1 Å². The highest BCUT2D eigenvalue weighted by Gasteiger charge is 2.52. The molecule has 0 radical (unpaired) electrons. The van der Waals surface area contributed by atoms with Gasteiger partial charge in [0.05, 0.1) is 11.8 Å². The third kappa shape index (κ3) is 2.46. The van der Waals surface area contributed by atoms with Gasteiger partial charge in [0.2, 0.25) is 5.91 Å². The second kappa shape index (κ2) is 5.35. The SMILES string of the molecule is CN(Cc1ccccc1)C(=O)[C@@H]1[C@@H](C(=O)O)[C@H]2C=C[C@@H]1C2. The number of amides is 1. The van der Waals surface area contributed by atoms with Crippen LogP contribution in [0.4, 0.5) is 0 Å². The first-order valence-corrected chi connectivity index (χ1v) is 7.28. The van der Waals surface area contributed by atoms with E-state index in [1.54, 1.807) is 11.9 Å². The Balaban J connectivity index is 1.75. The second-order valence-electron chi connectivity index (χ2n) is 6.02. The molecule has 0 spiro atoms. The minimum atomic E-state index is -0.849. The number of nitrogens with zero attached hydrogens (tertiary/aromatic N) is 1. The third-order valence-electron chi connectivity index (χ3n) is 4.67. The Morgan fingerprint density at radius 3 is 2.38 bits per heavy atom. The van der Waals surface area contributed by atoms with E-state index < -0.39 is 17.8 Å². The molecule has 4 nitrogen and oxygen atoms in total. The second-order valence-corrected chi connectivity index (χ2v) is 6.02. The molecule has 4 atom stereocenters. The lowest BCUT2D eigenvalue weighted by molar-refractivity contribution is -0.150. The topological polar surface area (TPSA) is 57.6 Å². The Labute approximate surface area is 124 Å². The number of allylic oxidation sites excluding steroid dienone is 2. The molecular formula is C17H19NO3. The van der Waals surface area contributed by atoms with Crippen molar-refractivity contribution in [3.63, 3.8) is 0 Å². The lowest BCUT2D eigenvalue weighted by atomic mass is 9.82. The lowest BCUT2D eigenvalue weighted by Crippen LogP contribution is -2.40. The third-order valence-corrected chi connectivity index (χ3v) is 4.67. The molecule has 1 fully saturated rings. The number of carboxylic acids is 1. The quantitative estimate of drug-likeness (QED) is 0.863. The maximum atomic E-state index is 12.7. The summed E-state index contributed by atoms with van der Waals surface area (Å²) >= 11 is 0. The normalized spacial score (nSPS) is 29.6. The summed E-state index contributed by atoms with van der Waals surface area (Å²) in [4.78, 5) is 25.8. The zero-order chi connectivity index (χ0) is 15.0. The standard InChI is InChI=1S/C17H19NO3/c1-18(10-11-5-3-2-4-6-11)16(19)14-12-7-8-13(9-12)15(14)17(20)21/h2-8,12-15H,9-10H2,1H3,(H,20,21)/t12-,13+,14+,15+/m1/s1. The number of carboxylic acid groups (broad SMARTS) is 1. The van der Waals surface area contributed by atoms with E-state index in [0.29, 0.717) is 6.54 Å². The summed E-state index contributed by atoms with van der Waals surface area (Å²) < 4.78 is 0. The van der Waals surface area contributed by atoms with E-state index in [2.05, 4.69) is 0 Å². The van der Waals surface area contributed by atoms with E-state index >= 15 is 0 Å². The average molecular weight is 285 g/mol. The molecule has 1 aromatic rings. The van der Waals surface area contributed by atoms with Gasteiger partial charge >= 0.3 is 5.97 Å². The smallest absolute Gasteiger partial charge is 0.307 e. The molecule has 2 aliphatic carbocycles. The summed E-state index contributed by atoms with van der Waals surface area (Å²) in [6.07, 6.45) is 4.78. The van der Waals surface area contributed by atoms with Crippen molar-refractivity contribution < 1.29 is 14.7 Å². The van der Waals surface area contributed by atoms with E-state index in [1.807, 2.05) is 42.5 Å². The Bertz CT molecular complexity index is 581. The van der Waals surface area contributed by atoms with E-state index in [0.717, 1.165) is 12.0 Å². The highest BCUT2D eigenvalue weighted by atomic mass is 16.4. The van der Waals surface area contributed by atoms with Crippen LogP contribution in [0.15, 0.2) is 42.5 Å². The number of fused-ring (bicyclic) bond motifs is 2. The van der Waals surface area contributed by atoms with Crippen LogP contribution in [0.3, 0.4) is 0 Å². The summed E-state index contributed by atoms with van der Waals surface area (Å²) in [7, 11) is 1.75. The predicted molar refractivity (Wildman–Crippen MR) is 78.3 cm³/mol. The zero-order valence-corrected chi connectivity index (χ0v) is 12.0. The van der Waals surface area contributed by atoms with Crippen LogP contribution in [0.2, 0.25) is 0 Å². The highest BCUT2D eigenvalue weighted by molar-refractivity contribution is 5.86. The van der Waals surface area contributed by atoms with Gasteiger partial charge < -0.3 is 10.0 Å². The molecule has 1 aromatic carbocycles. The Morgan fingerprint density at radius 2 is 1.76 bits per heavy atom. The monoisotopic (exact) mass is 285 g/mol. The van der Waals surface area contributed by atoms with Crippen molar-refractivity contribution in [2.75, 3.05) is 7.05 Å². The van der Waals surface area contributed by atoms with Crippen molar-refractivity contribution >= 4 is 11.9 Å². The summed E-state index contributed by atoms with van der Waals surface area (Å²) in [6.45, 7) is 0.517. The van der Waals surface area contributed by atoms with Crippen LogP contribution in [-0.4, -0.2) is 28.9 Å². The van der Waals surface area contributed by atoms with Crippen molar-refractivity contribution in [3.8, 4) is 0 Å². The van der Waals surface area contributed by atoms with Gasteiger partial charge in [-0.15, -0.1) is 0 Å². The van der Waals surface area contributed by atoms with Gasteiger partial charge in [-0.3, -0.25) is 9.59 Å². The first-order chi connectivity index (χ1) is 10.1. The molecule has 1 saturated carbocycles.